The highest BCUT2D eigenvalue weighted by atomic mass is 16.4. The number of nitrogens with one attached hydrogen (secondary N) is 1. The molecule has 0 bridgehead atoms. The lowest BCUT2D eigenvalue weighted by Crippen LogP contribution is -2.32. The molecule has 5 nitrogen and oxygen atoms in total. The average molecular weight is 251 g/mol. The maximum absolute atomic E-state index is 10.6. The van der Waals surface area contributed by atoms with Gasteiger partial charge in [-0.25, -0.2) is 9.78 Å². The van der Waals surface area contributed by atoms with E-state index >= 15 is 0 Å². The molecule has 0 aliphatic carbocycles. The number of carboxylic acids is 1. The molecule has 0 amide bonds. The fourth-order valence-electron chi connectivity index (χ4n) is 1.53. The number of carbonyl (C=O) groups is 1. The summed E-state index contributed by atoms with van der Waals surface area (Å²) in [5.74, 6) is -1.00. The van der Waals surface area contributed by atoms with Crippen molar-refractivity contribution in [3.63, 3.8) is 0 Å². The van der Waals surface area contributed by atoms with Crippen LogP contribution in [0.5, 0.6) is 0 Å². The summed E-state index contributed by atoms with van der Waals surface area (Å²) >= 11 is 0. The van der Waals surface area contributed by atoms with Crippen molar-refractivity contribution in [2.24, 2.45) is 0 Å². The number of carboxylic acid groups (broad SMARTS) is 1. The highest BCUT2D eigenvalue weighted by Crippen LogP contribution is 2.06. The quantitative estimate of drug-likeness (QED) is 0.775. The van der Waals surface area contributed by atoms with Crippen molar-refractivity contribution in [3.05, 3.63) is 24.0 Å². The summed E-state index contributed by atoms with van der Waals surface area (Å²) in [5.41, 5.74) is 0.912. The molecule has 1 aromatic rings. The first-order chi connectivity index (χ1) is 8.54. The van der Waals surface area contributed by atoms with E-state index in [0.29, 0.717) is 6.04 Å². The van der Waals surface area contributed by atoms with Gasteiger partial charge in [0.15, 0.2) is 0 Å². The highest BCUT2D eigenvalue weighted by Gasteiger charge is 2.06. The minimum atomic E-state index is -1.00. The lowest BCUT2D eigenvalue weighted by atomic mass is 10.2. The summed E-state index contributed by atoms with van der Waals surface area (Å²) in [6.45, 7) is 6.12. The van der Waals surface area contributed by atoms with Gasteiger partial charge in [-0.15, -0.1) is 0 Å². The zero-order valence-electron chi connectivity index (χ0n) is 11.2. The molecule has 0 fully saturated rings. The lowest BCUT2D eigenvalue weighted by molar-refractivity contribution is 0.0690. The Hall–Kier alpha value is -1.62. The number of aromatic carboxylic acids is 1. The predicted molar refractivity (Wildman–Crippen MR) is 72.1 cm³/mol. The van der Waals surface area contributed by atoms with Gasteiger partial charge in [-0.05, 0) is 32.5 Å². The lowest BCUT2D eigenvalue weighted by Gasteiger charge is -2.23. The van der Waals surface area contributed by atoms with E-state index in [9.17, 15) is 4.79 Å². The molecule has 18 heavy (non-hydrogen) atoms. The van der Waals surface area contributed by atoms with E-state index in [1.165, 1.54) is 6.07 Å². The van der Waals surface area contributed by atoms with Crippen molar-refractivity contribution in [1.82, 2.24) is 9.88 Å². The van der Waals surface area contributed by atoms with E-state index in [1.807, 2.05) is 0 Å². The second-order valence-electron chi connectivity index (χ2n) is 4.40. The van der Waals surface area contributed by atoms with Crippen LogP contribution in [-0.2, 0) is 0 Å². The van der Waals surface area contributed by atoms with Gasteiger partial charge in [0.1, 0.15) is 5.69 Å². The van der Waals surface area contributed by atoms with Crippen LogP contribution in [0.1, 0.15) is 30.8 Å². The van der Waals surface area contributed by atoms with Crippen LogP contribution in [0.3, 0.4) is 0 Å². The second kappa shape index (κ2) is 6.96. The zero-order valence-corrected chi connectivity index (χ0v) is 11.2. The van der Waals surface area contributed by atoms with Crippen molar-refractivity contribution in [2.45, 2.75) is 26.3 Å². The van der Waals surface area contributed by atoms with Gasteiger partial charge >= 0.3 is 5.97 Å². The number of likely N-dealkylation sites (N-methyl/N-ethyl adjacent to an activating group) is 1. The number of nitrogens with zero attached hydrogens (tertiary/aromatic N) is 2. The minimum absolute atomic E-state index is 0.0669. The molecule has 100 valence electrons. The highest BCUT2D eigenvalue weighted by molar-refractivity contribution is 5.85. The van der Waals surface area contributed by atoms with Gasteiger partial charge in [0.05, 0.1) is 11.9 Å². The third-order valence-corrected chi connectivity index (χ3v) is 3.12. The molecule has 0 saturated heterocycles. The Balaban J connectivity index is 2.38. The summed E-state index contributed by atoms with van der Waals surface area (Å²) in [4.78, 5) is 16.8. The Labute approximate surface area is 108 Å². The monoisotopic (exact) mass is 251 g/mol. The van der Waals surface area contributed by atoms with Crippen molar-refractivity contribution >= 4 is 11.7 Å². The first-order valence-corrected chi connectivity index (χ1v) is 6.18. The van der Waals surface area contributed by atoms with Crippen LogP contribution < -0.4 is 5.32 Å². The number of hydrogen-bond acceptors (Lipinski definition) is 4. The number of hydrogen-bond donors (Lipinski definition) is 2. The first-order valence-electron chi connectivity index (χ1n) is 6.18. The molecular formula is C13H21N3O2. The minimum Gasteiger partial charge on any atom is -0.477 e. The Kier molecular flexibility index (Phi) is 5.58. The van der Waals surface area contributed by atoms with E-state index in [2.05, 4.69) is 36.1 Å². The largest absolute Gasteiger partial charge is 0.477 e. The molecule has 0 aromatic carbocycles. The molecular weight excluding hydrogens is 230 g/mol. The molecule has 2 N–H and O–H groups in total. The number of rotatable bonds is 7. The van der Waals surface area contributed by atoms with E-state index in [4.69, 9.17) is 5.11 Å². The molecule has 1 rings (SSSR count). The molecule has 0 aliphatic rings. The van der Waals surface area contributed by atoms with Crippen molar-refractivity contribution in [3.8, 4) is 0 Å². The SMILES string of the molecule is CCC(C)N(C)CCNc1ccc(C(=O)O)nc1. The smallest absolute Gasteiger partial charge is 0.354 e. The van der Waals surface area contributed by atoms with Crippen LogP contribution in [0.15, 0.2) is 18.3 Å². The Morgan fingerprint density at radius 3 is 2.78 bits per heavy atom. The van der Waals surface area contributed by atoms with E-state index in [0.717, 1.165) is 25.2 Å². The molecule has 0 aliphatic heterocycles. The van der Waals surface area contributed by atoms with E-state index in [-0.39, 0.29) is 5.69 Å². The van der Waals surface area contributed by atoms with Crippen LogP contribution in [-0.4, -0.2) is 47.1 Å². The molecule has 1 unspecified atom stereocenters. The molecule has 0 radical (unpaired) electrons. The average Bonchev–Trinajstić information content (AvgIpc) is 2.38. The molecule has 1 heterocycles. The predicted octanol–water partition coefficient (Wildman–Crippen LogP) is 1.92. The Morgan fingerprint density at radius 2 is 2.28 bits per heavy atom. The van der Waals surface area contributed by atoms with Gasteiger partial charge in [-0.3, -0.25) is 0 Å². The maximum atomic E-state index is 10.6. The summed E-state index contributed by atoms with van der Waals surface area (Å²) in [5, 5.41) is 11.9. The third-order valence-electron chi connectivity index (χ3n) is 3.12. The molecule has 1 aromatic heterocycles. The molecule has 5 heteroatoms. The summed E-state index contributed by atoms with van der Waals surface area (Å²) in [6, 6.07) is 3.81. The zero-order chi connectivity index (χ0) is 13.5. The molecule has 0 saturated carbocycles. The van der Waals surface area contributed by atoms with Gasteiger partial charge in [0, 0.05) is 19.1 Å². The summed E-state index contributed by atoms with van der Waals surface area (Å²) in [7, 11) is 2.10. The van der Waals surface area contributed by atoms with Gasteiger partial charge in [0.25, 0.3) is 0 Å². The fraction of sp³-hybridized carbons (Fsp3) is 0.538. The van der Waals surface area contributed by atoms with Gasteiger partial charge in [0.2, 0.25) is 0 Å². The van der Waals surface area contributed by atoms with Gasteiger partial charge in [-0.2, -0.15) is 0 Å². The number of anilines is 1. The van der Waals surface area contributed by atoms with E-state index in [1.54, 1.807) is 12.3 Å². The van der Waals surface area contributed by atoms with Crippen LogP contribution in [0, 0.1) is 0 Å². The second-order valence-corrected chi connectivity index (χ2v) is 4.40. The number of pyridine rings is 1. The fourth-order valence-corrected chi connectivity index (χ4v) is 1.53. The molecule has 0 spiro atoms. The van der Waals surface area contributed by atoms with Crippen LogP contribution in [0.25, 0.3) is 0 Å². The normalized spacial score (nSPS) is 12.4. The first kappa shape index (κ1) is 14.4. The van der Waals surface area contributed by atoms with Crippen molar-refractivity contribution < 1.29 is 9.90 Å². The Bertz CT molecular complexity index is 378. The topological polar surface area (TPSA) is 65.5 Å². The van der Waals surface area contributed by atoms with Crippen LogP contribution in [0.2, 0.25) is 0 Å². The van der Waals surface area contributed by atoms with Crippen LogP contribution in [0.4, 0.5) is 5.69 Å². The Morgan fingerprint density at radius 1 is 1.56 bits per heavy atom. The summed E-state index contributed by atoms with van der Waals surface area (Å²) in [6.07, 6.45) is 2.68. The third kappa shape index (κ3) is 4.33. The molecule has 1 atom stereocenters. The van der Waals surface area contributed by atoms with Gasteiger partial charge in [-0.1, -0.05) is 6.92 Å². The van der Waals surface area contributed by atoms with E-state index < -0.39 is 5.97 Å². The standard InChI is InChI=1S/C13H21N3O2/c1-4-10(2)16(3)8-7-14-11-5-6-12(13(17)18)15-9-11/h5-6,9-10,14H,4,7-8H2,1-3H3,(H,17,18). The maximum Gasteiger partial charge on any atom is 0.354 e. The van der Waals surface area contributed by atoms with Crippen molar-refractivity contribution in [2.75, 3.05) is 25.5 Å². The number of aromatic nitrogens is 1. The van der Waals surface area contributed by atoms with Gasteiger partial charge < -0.3 is 15.3 Å². The van der Waals surface area contributed by atoms with Crippen LogP contribution >= 0.6 is 0 Å². The summed E-state index contributed by atoms with van der Waals surface area (Å²) < 4.78 is 0. The van der Waals surface area contributed by atoms with Crippen molar-refractivity contribution in [1.29, 1.82) is 0 Å².